The lowest BCUT2D eigenvalue weighted by molar-refractivity contribution is 0.0546. The summed E-state index contributed by atoms with van der Waals surface area (Å²) >= 11 is 0. The van der Waals surface area contributed by atoms with Gasteiger partial charge in [0.15, 0.2) is 0 Å². The molecule has 2 N–H and O–H groups in total. The summed E-state index contributed by atoms with van der Waals surface area (Å²) in [6.07, 6.45) is 6.43. The first-order chi connectivity index (χ1) is 17.6. The van der Waals surface area contributed by atoms with E-state index in [1.165, 1.54) is 35.0 Å². The number of likely N-dealkylation sites (tertiary alicyclic amines) is 1. The fourth-order valence-corrected chi connectivity index (χ4v) is 5.41. The molecule has 0 radical (unpaired) electrons. The molecule has 1 fully saturated rings. The Balaban J connectivity index is 1.32. The smallest absolute Gasteiger partial charge is 0.253 e. The molecule has 0 spiro atoms. The van der Waals surface area contributed by atoms with E-state index in [9.17, 15) is 9.90 Å². The molecule has 3 aromatic rings. The molecule has 0 atom stereocenters. The summed E-state index contributed by atoms with van der Waals surface area (Å²) in [5, 5.41) is 14.3. The molecule has 2 aromatic heterocycles. The second-order valence-electron chi connectivity index (χ2n) is 9.60. The van der Waals surface area contributed by atoms with E-state index in [0.29, 0.717) is 50.2 Å². The highest BCUT2D eigenvalue weighted by atomic mass is 16.5. The van der Waals surface area contributed by atoms with Gasteiger partial charge in [-0.2, -0.15) is 9.97 Å². The lowest BCUT2D eigenvalue weighted by Gasteiger charge is -2.29. The monoisotopic (exact) mass is 493 g/mol. The number of aliphatic hydroxyl groups excluding tert-OH is 1. The molecular weight excluding hydrogens is 458 g/mol. The van der Waals surface area contributed by atoms with Gasteiger partial charge in [0, 0.05) is 48.3 Å². The van der Waals surface area contributed by atoms with E-state index in [-0.39, 0.29) is 12.0 Å². The minimum atomic E-state index is -0.287. The summed E-state index contributed by atoms with van der Waals surface area (Å²) < 4.78 is 12.9. The van der Waals surface area contributed by atoms with Gasteiger partial charge in [-0.3, -0.25) is 4.79 Å². The third-order valence-corrected chi connectivity index (χ3v) is 7.31. The summed E-state index contributed by atoms with van der Waals surface area (Å²) in [6, 6.07) is 7.82. The quantitative estimate of drug-likeness (QED) is 0.464. The normalized spacial score (nSPS) is 16.1. The highest BCUT2D eigenvalue weighted by molar-refractivity contribution is 5.99. The topological polar surface area (TPSA) is 102 Å². The van der Waals surface area contributed by atoms with Crippen molar-refractivity contribution < 1.29 is 19.4 Å². The molecule has 36 heavy (non-hydrogen) atoms. The van der Waals surface area contributed by atoms with Crippen LogP contribution in [0.3, 0.4) is 0 Å². The van der Waals surface area contributed by atoms with E-state index in [2.05, 4.69) is 32.0 Å². The largest absolute Gasteiger partial charge is 0.481 e. The molecule has 1 saturated heterocycles. The van der Waals surface area contributed by atoms with Gasteiger partial charge in [-0.1, -0.05) is 0 Å². The maximum absolute atomic E-state index is 13.2. The van der Waals surface area contributed by atoms with E-state index in [1.54, 1.807) is 20.3 Å². The van der Waals surface area contributed by atoms with Gasteiger partial charge in [0.05, 0.1) is 26.4 Å². The molecule has 5 rings (SSSR count). The average molecular weight is 494 g/mol. The number of rotatable bonds is 8. The Morgan fingerprint density at radius 3 is 2.53 bits per heavy atom. The van der Waals surface area contributed by atoms with Crippen LogP contribution in [-0.2, 0) is 19.4 Å². The predicted octanol–water partition coefficient (Wildman–Crippen LogP) is 3.43. The molecule has 3 heterocycles. The molecule has 1 aromatic carbocycles. The maximum Gasteiger partial charge on any atom is 0.253 e. The summed E-state index contributed by atoms with van der Waals surface area (Å²) in [4.78, 5) is 23.7. The van der Waals surface area contributed by atoms with Crippen LogP contribution < -0.4 is 14.8 Å². The summed E-state index contributed by atoms with van der Waals surface area (Å²) in [7, 11) is 3.14. The number of aryl methyl sites for hydroxylation is 2. The Morgan fingerprint density at radius 1 is 1.08 bits per heavy atom. The first-order valence-corrected chi connectivity index (χ1v) is 12.9. The standard InChI is InChI=1S/C27H35N5O4/c1-35-24-17-25(36-2)30-27(29-24)28-12-5-13-32-22-7-4-3-6-20(22)21-16-18(8-9-23(21)32)26(34)31-14-10-19(33)11-15-31/h8-9,16-17,19,33H,3-7,10-15H2,1-2H3,(H,28,29,30). The summed E-state index contributed by atoms with van der Waals surface area (Å²) in [5.74, 6) is 1.47. The molecule has 1 amide bonds. The molecule has 9 nitrogen and oxygen atoms in total. The number of aromatic nitrogens is 3. The fraction of sp³-hybridized carbons (Fsp3) is 0.519. The van der Waals surface area contributed by atoms with Crippen molar-refractivity contribution in [3.05, 3.63) is 41.1 Å². The van der Waals surface area contributed by atoms with Crippen LogP contribution in [0.5, 0.6) is 11.8 Å². The highest BCUT2D eigenvalue weighted by Crippen LogP contribution is 2.33. The Hall–Kier alpha value is -3.33. The Kier molecular flexibility index (Phi) is 7.27. The van der Waals surface area contributed by atoms with Crippen molar-refractivity contribution in [2.45, 2.75) is 57.6 Å². The molecular formula is C27H35N5O4. The van der Waals surface area contributed by atoms with Crippen molar-refractivity contribution in [3.63, 3.8) is 0 Å². The van der Waals surface area contributed by atoms with Gasteiger partial charge in [-0.15, -0.1) is 0 Å². The van der Waals surface area contributed by atoms with Crippen molar-refractivity contribution >= 4 is 22.8 Å². The van der Waals surface area contributed by atoms with Gasteiger partial charge in [0.1, 0.15) is 0 Å². The molecule has 0 saturated carbocycles. The molecule has 1 aliphatic heterocycles. The zero-order valence-electron chi connectivity index (χ0n) is 21.1. The second kappa shape index (κ2) is 10.7. The van der Waals surface area contributed by atoms with Crippen molar-refractivity contribution in [1.29, 1.82) is 0 Å². The van der Waals surface area contributed by atoms with Crippen molar-refractivity contribution in [1.82, 2.24) is 19.4 Å². The number of fused-ring (bicyclic) bond motifs is 3. The molecule has 0 bridgehead atoms. The Labute approximate surface area is 211 Å². The number of hydrogen-bond donors (Lipinski definition) is 2. The summed E-state index contributed by atoms with van der Waals surface area (Å²) in [6.45, 7) is 2.82. The molecule has 9 heteroatoms. The number of carbonyl (C=O) groups excluding carboxylic acids is 1. The zero-order valence-corrected chi connectivity index (χ0v) is 21.1. The van der Waals surface area contributed by atoms with Gasteiger partial charge in [-0.25, -0.2) is 0 Å². The fourth-order valence-electron chi connectivity index (χ4n) is 5.41. The Morgan fingerprint density at radius 2 is 1.81 bits per heavy atom. The van der Waals surface area contributed by atoms with E-state index in [1.807, 2.05) is 11.0 Å². The number of methoxy groups -OCH3 is 2. The van der Waals surface area contributed by atoms with Crippen LogP contribution in [0, 0.1) is 0 Å². The number of nitrogens with zero attached hydrogens (tertiary/aromatic N) is 4. The number of anilines is 1. The number of amides is 1. The number of ether oxygens (including phenoxy) is 2. The molecule has 192 valence electrons. The van der Waals surface area contributed by atoms with Crippen molar-refractivity contribution in [2.24, 2.45) is 0 Å². The lowest BCUT2D eigenvalue weighted by Crippen LogP contribution is -2.40. The van der Waals surface area contributed by atoms with Crippen LogP contribution in [-0.4, -0.2) is 70.4 Å². The number of piperidine rings is 1. The maximum atomic E-state index is 13.2. The van der Waals surface area contributed by atoms with E-state index >= 15 is 0 Å². The third kappa shape index (κ3) is 4.97. The molecule has 2 aliphatic rings. The highest BCUT2D eigenvalue weighted by Gasteiger charge is 2.25. The average Bonchev–Trinajstić information content (AvgIpc) is 3.23. The van der Waals surface area contributed by atoms with Crippen LogP contribution in [0.1, 0.15) is 53.7 Å². The lowest BCUT2D eigenvalue weighted by atomic mass is 9.95. The van der Waals surface area contributed by atoms with E-state index < -0.39 is 0 Å². The van der Waals surface area contributed by atoms with Crippen molar-refractivity contribution in [2.75, 3.05) is 39.2 Å². The number of benzene rings is 1. The zero-order chi connectivity index (χ0) is 25.1. The first-order valence-electron chi connectivity index (χ1n) is 12.9. The van der Waals surface area contributed by atoms with Gasteiger partial charge in [-0.05, 0) is 68.7 Å². The molecule has 1 aliphatic carbocycles. The van der Waals surface area contributed by atoms with E-state index in [0.717, 1.165) is 31.4 Å². The van der Waals surface area contributed by atoms with Crippen LogP contribution in [0.4, 0.5) is 5.95 Å². The van der Waals surface area contributed by atoms with Gasteiger partial charge in [0.25, 0.3) is 5.91 Å². The van der Waals surface area contributed by atoms with Gasteiger partial charge < -0.3 is 29.4 Å². The van der Waals surface area contributed by atoms with E-state index in [4.69, 9.17) is 9.47 Å². The second-order valence-corrected chi connectivity index (χ2v) is 9.60. The third-order valence-electron chi connectivity index (χ3n) is 7.31. The van der Waals surface area contributed by atoms with Crippen LogP contribution in [0.25, 0.3) is 10.9 Å². The first kappa shape index (κ1) is 24.4. The van der Waals surface area contributed by atoms with Crippen molar-refractivity contribution in [3.8, 4) is 11.8 Å². The molecule has 0 unspecified atom stereocenters. The number of hydrogen-bond acceptors (Lipinski definition) is 7. The van der Waals surface area contributed by atoms with Crippen LogP contribution >= 0.6 is 0 Å². The van der Waals surface area contributed by atoms with Gasteiger partial charge >= 0.3 is 0 Å². The minimum Gasteiger partial charge on any atom is -0.481 e. The summed E-state index contributed by atoms with van der Waals surface area (Å²) in [5.41, 5.74) is 4.75. The number of aliphatic hydroxyl groups is 1. The number of nitrogens with one attached hydrogen (secondary N) is 1. The van der Waals surface area contributed by atoms with Crippen LogP contribution in [0.2, 0.25) is 0 Å². The minimum absolute atomic E-state index is 0.0685. The Bertz CT molecular complexity index is 1210. The number of carbonyl (C=O) groups is 1. The predicted molar refractivity (Wildman–Crippen MR) is 138 cm³/mol. The van der Waals surface area contributed by atoms with Crippen LogP contribution in [0.15, 0.2) is 24.3 Å². The van der Waals surface area contributed by atoms with Gasteiger partial charge in [0.2, 0.25) is 17.7 Å². The SMILES string of the molecule is COc1cc(OC)nc(NCCCn2c3c(c4cc(C(=O)N5CCC(O)CC5)ccc42)CCCC3)n1.